The first-order chi connectivity index (χ1) is 6.66. The zero-order chi connectivity index (χ0) is 10.1. The molecule has 0 amide bonds. The van der Waals surface area contributed by atoms with Crippen molar-refractivity contribution in [1.82, 2.24) is 5.27 Å². The second-order valence-electron chi connectivity index (χ2n) is 2.90. The van der Waals surface area contributed by atoms with Crippen molar-refractivity contribution in [3.63, 3.8) is 0 Å². The van der Waals surface area contributed by atoms with Gasteiger partial charge in [0.05, 0.1) is 5.27 Å². The van der Waals surface area contributed by atoms with Gasteiger partial charge in [0, 0.05) is 16.7 Å². The van der Waals surface area contributed by atoms with Crippen LogP contribution in [0.15, 0.2) is 28.9 Å². The molecule has 2 rings (SSSR count). The summed E-state index contributed by atoms with van der Waals surface area (Å²) in [5.41, 5.74) is 1.70. The van der Waals surface area contributed by atoms with Crippen LogP contribution in [-0.2, 0) is 0 Å². The Kier molecular flexibility index (Phi) is 2.13. The molecule has 0 aliphatic heterocycles. The molecule has 0 unspecified atom stereocenters. The largest absolute Gasteiger partial charge is 0.539 e. The minimum absolute atomic E-state index is 0.482. The summed E-state index contributed by atoms with van der Waals surface area (Å²) in [6.45, 7) is 1.90. The first-order valence-corrected chi connectivity index (χ1v) is 4.37. The van der Waals surface area contributed by atoms with Gasteiger partial charge in [0.1, 0.15) is 5.95 Å². The van der Waals surface area contributed by atoms with Crippen LogP contribution in [-0.4, -0.2) is 5.27 Å². The summed E-state index contributed by atoms with van der Waals surface area (Å²) < 4.78 is 5.79. The minimum Gasteiger partial charge on any atom is -0.539 e. The molecule has 0 N–H and O–H groups in total. The number of rotatable bonds is 1. The van der Waals surface area contributed by atoms with Gasteiger partial charge in [-0.2, -0.15) is 0 Å². The van der Waals surface area contributed by atoms with Crippen LogP contribution in [0, 0.1) is 6.92 Å². The number of nitrogens with zero attached hydrogens (tertiary/aromatic N) is 2. The first kappa shape index (κ1) is 9.02. The van der Waals surface area contributed by atoms with Crippen LogP contribution in [0.2, 0.25) is 5.02 Å². The van der Waals surface area contributed by atoms with Gasteiger partial charge >= 0.3 is 0 Å². The molecule has 14 heavy (non-hydrogen) atoms. The Morgan fingerprint density at radius 2 is 2.29 bits per heavy atom. The number of hydrogen-bond donors (Lipinski definition) is 0. The second-order valence-corrected chi connectivity index (χ2v) is 3.33. The fourth-order valence-electron chi connectivity index (χ4n) is 1.17. The van der Waals surface area contributed by atoms with Crippen molar-refractivity contribution in [2.24, 2.45) is 0 Å². The molecule has 1 heterocycles. The molecule has 0 saturated carbocycles. The van der Waals surface area contributed by atoms with Gasteiger partial charge in [-0.15, -0.1) is 0 Å². The smallest absolute Gasteiger partial charge is 0.243 e. The molecule has 0 radical (unpaired) electrons. The maximum Gasteiger partial charge on any atom is 0.243 e. The third-order valence-electron chi connectivity index (χ3n) is 1.86. The Bertz CT molecular complexity index is 468. The van der Waals surface area contributed by atoms with Crippen molar-refractivity contribution in [1.29, 1.82) is 0 Å². The van der Waals surface area contributed by atoms with Crippen molar-refractivity contribution >= 4 is 11.6 Å². The van der Waals surface area contributed by atoms with Crippen LogP contribution in [0.25, 0.3) is 5.69 Å². The summed E-state index contributed by atoms with van der Waals surface area (Å²) in [7, 11) is 0. The van der Waals surface area contributed by atoms with E-state index in [9.17, 15) is 5.11 Å². The molecule has 0 bridgehead atoms. The van der Waals surface area contributed by atoms with E-state index in [1.165, 1.54) is 10.9 Å². The highest BCUT2D eigenvalue weighted by molar-refractivity contribution is 6.30. The molecular weight excluding hydrogens is 204 g/mol. The van der Waals surface area contributed by atoms with Gasteiger partial charge < -0.3 is 9.63 Å². The van der Waals surface area contributed by atoms with Gasteiger partial charge in [0.25, 0.3) is 0 Å². The highest BCUT2D eigenvalue weighted by atomic mass is 35.5. The van der Waals surface area contributed by atoms with Gasteiger partial charge in [0.2, 0.25) is 11.9 Å². The average Bonchev–Trinajstić information content (AvgIpc) is 2.56. The summed E-state index contributed by atoms with van der Waals surface area (Å²) >= 11 is 5.82. The molecule has 1 aromatic carbocycles. The topological polar surface area (TPSA) is 53.0 Å². The highest BCUT2D eigenvalue weighted by Gasteiger charge is 2.12. The summed E-state index contributed by atoms with van der Waals surface area (Å²) in [6.07, 6.45) is 1.26. The van der Waals surface area contributed by atoms with Gasteiger partial charge in [-0.1, -0.05) is 17.7 Å². The maximum atomic E-state index is 10.8. The van der Waals surface area contributed by atoms with Crippen molar-refractivity contribution in [2.45, 2.75) is 6.92 Å². The molecule has 2 aromatic rings. The number of hydrogen-bond acceptors (Lipinski definition) is 3. The Hall–Kier alpha value is -1.55. The molecule has 1 aromatic heterocycles. The van der Waals surface area contributed by atoms with Gasteiger partial charge in [0.15, 0.2) is 0 Å². The standard InChI is InChI=1S/C9H7ClN2O2/c1-6-2-3-7(10)4-8(6)12-5-9(13)14-11-12/h2-5H,1H3. The van der Waals surface area contributed by atoms with E-state index in [1.54, 1.807) is 12.1 Å². The SMILES string of the molecule is Cc1ccc(Cl)cc1-[n+]1cc([O-])on1. The summed E-state index contributed by atoms with van der Waals surface area (Å²) in [4.78, 5) is 0. The van der Waals surface area contributed by atoms with Crippen molar-refractivity contribution in [3.05, 3.63) is 35.0 Å². The van der Waals surface area contributed by atoms with E-state index in [0.29, 0.717) is 5.02 Å². The summed E-state index contributed by atoms with van der Waals surface area (Å²) in [6, 6.07) is 5.35. The molecule has 0 aliphatic rings. The molecule has 0 aliphatic carbocycles. The minimum atomic E-state index is -0.482. The molecule has 4 nitrogen and oxygen atoms in total. The van der Waals surface area contributed by atoms with E-state index in [0.717, 1.165) is 11.3 Å². The number of benzene rings is 1. The third-order valence-corrected chi connectivity index (χ3v) is 2.10. The lowest BCUT2D eigenvalue weighted by Crippen LogP contribution is -2.32. The van der Waals surface area contributed by atoms with Gasteiger partial charge in [-0.05, 0) is 17.7 Å². The lowest BCUT2D eigenvalue weighted by Gasteiger charge is -1.95. The van der Waals surface area contributed by atoms with Crippen LogP contribution in [0.5, 0.6) is 5.95 Å². The fourth-order valence-corrected chi connectivity index (χ4v) is 1.34. The van der Waals surface area contributed by atoms with E-state index in [-0.39, 0.29) is 0 Å². The number of aromatic nitrogens is 2. The first-order valence-electron chi connectivity index (χ1n) is 3.99. The second kappa shape index (κ2) is 3.31. The lowest BCUT2D eigenvalue weighted by atomic mass is 10.2. The molecule has 5 heteroatoms. The highest BCUT2D eigenvalue weighted by Crippen LogP contribution is 2.15. The quantitative estimate of drug-likeness (QED) is 0.660. The van der Waals surface area contributed by atoms with Crippen molar-refractivity contribution in [2.75, 3.05) is 0 Å². The number of halogens is 1. The van der Waals surface area contributed by atoms with Crippen LogP contribution in [0.1, 0.15) is 5.56 Å². The van der Waals surface area contributed by atoms with Crippen LogP contribution < -0.4 is 9.79 Å². The Labute approximate surface area is 85.3 Å². The van der Waals surface area contributed by atoms with Crippen molar-refractivity contribution in [3.8, 4) is 11.6 Å². The molecule has 72 valence electrons. The third kappa shape index (κ3) is 1.56. The Morgan fingerprint density at radius 3 is 2.93 bits per heavy atom. The van der Waals surface area contributed by atoms with E-state index in [4.69, 9.17) is 11.6 Å². The van der Waals surface area contributed by atoms with Crippen molar-refractivity contribution < 1.29 is 14.3 Å². The van der Waals surface area contributed by atoms with E-state index in [2.05, 4.69) is 9.79 Å². The zero-order valence-corrected chi connectivity index (χ0v) is 8.15. The normalized spacial score (nSPS) is 10.4. The maximum absolute atomic E-state index is 10.8. The molecule has 0 atom stereocenters. The molecule has 0 fully saturated rings. The summed E-state index contributed by atoms with van der Waals surface area (Å²) in [5.74, 6) is -0.482. The zero-order valence-electron chi connectivity index (χ0n) is 7.40. The molecule has 0 spiro atoms. The van der Waals surface area contributed by atoms with Gasteiger partial charge in [-0.25, -0.2) is 0 Å². The lowest BCUT2D eigenvalue weighted by molar-refractivity contribution is -0.670. The Balaban J connectivity index is 2.55. The number of aryl methyl sites for hydroxylation is 1. The van der Waals surface area contributed by atoms with Gasteiger partial charge in [-0.3, -0.25) is 0 Å². The monoisotopic (exact) mass is 210 g/mol. The average molecular weight is 211 g/mol. The fraction of sp³-hybridized carbons (Fsp3) is 0.111. The van der Waals surface area contributed by atoms with Crippen LogP contribution in [0.4, 0.5) is 0 Å². The van der Waals surface area contributed by atoms with E-state index < -0.39 is 5.95 Å². The summed E-state index contributed by atoms with van der Waals surface area (Å²) in [5, 5.41) is 14.9. The van der Waals surface area contributed by atoms with Crippen LogP contribution in [0.3, 0.4) is 0 Å². The predicted octanol–water partition coefficient (Wildman–Crippen LogP) is 0.987. The molecular formula is C9H7ClN2O2. The van der Waals surface area contributed by atoms with E-state index in [1.807, 2.05) is 13.0 Å². The Morgan fingerprint density at radius 1 is 1.50 bits per heavy atom. The van der Waals surface area contributed by atoms with Crippen LogP contribution >= 0.6 is 11.6 Å². The molecule has 0 saturated heterocycles. The predicted molar refractivity (Wildman–Crippen MR) is 47.2 cm³/mol. The van der Waals surface area contributed by atoms with E-state index >= 15 is 0 Å².